The minimum Gasteiger partial charge on any atom is -0.504 e. The van der Waals surface area contributed by atoms with Crippen molar-refractivity contribution < 1.29 is 14.6 Å². The zero-order chi connectivity index (χ0) is 19.5. The molecule has 0 saturated carbocycles. The summed E-state index contributed by atoms with van der Waals surface area (Å²) in [7, 11) is 1.51. The van der Waals surface area contributed by atoms with Crippen molar-refractivity contribution in [1.82, 2.24) is 10.2 Å². The van der Waals surface area contributed by atoms with Crippen molar-refractivity contribution in [2.24, 2.45) is 0 Å². The molecular weight excluding hydrogens is 352 g/mol. The molecule has 1 aliphatic heterocycles. The number of hydrogen-bond acceptors (Lipinski definition) is 4. The zero-order valence-electron chi connectivity index (χ0n) is 15.6. The third-order valence-corrected chi connectivity index (χ3v) is 5.00. The zero-order valence-corrected chi connectivity index (χ0v) is 15.6. The quantitative estimate of drug-likeness (QED) is 0.715. The van der Waals surface area contributed by atoms with Gasteiger partial charge < -0.3 is 15.2 Å². The molecule has 0 radical (unpaired) electrons. The Hall–Kier alpha value is -3.31. The minimum atomic E-state index is -0.392. The Labute approximate surface area is 164 Å². The Morgan fingerprint density at radius 3 is 2.43 bits per heavy atom. The van der Waals surface area contributed by atoms with Crippen LogP contribution >= 0.6 is 0 Å². The first-order valence-corrected chi connectivity index (χ1v) is 9.19. The Bertz CT molecular complexity index is 971. The predicted molar refractivity (Wildman–Crippen MR) is 108 cm³/mol. The molecule has 1 saturated heterocycles. The summed E-state index contributed by atoms with van der Waals surface area (Å²) in [6.07, 6.45) is -0.392. The number of hydrogen-bond donors (Lipinski definition) is 2. The molecule has 2 N–H and O–H groups in total. The smallest absolute Gasteiger partial charge is 0.235 e. The molecule has 28 heavy (non-hydrogen) atoms. The molecule has 1 fully saturated rings. The second kappa shape index (κ2) is 7.74. The molecule has 0 aromatic heterocycles. The SMILES string of the molecule is COc1cccc([C@@H]2NC(=O)CN2Cc2ccc(-c3ccccc3)cc2)c1O. The molecule has 3 aromatic rings. The first-order chi connectivity index (χ1) is 13.7. The molecule has 0 bridgehead atoms. The number of amides is 1. The van der Waals surface area contributed by atoms with E-state index < -0.39 is 6.17 Å². The average Bonchev–Trinajstić information content (AvgIpc) is 3.09. The number of ether oxygens (including phenoxy) is 1. The highest BCUT2D eigenvalue weighted by molar-refractivity contribution is 5.81. The van der Waals surface area contributed by atoms with Crippen LogP contribution in [0.4, 0.5) is 0 Å². The van der Waals surface area contributed by atoms with Crippen molar-refractivity contribution in [2.75, 3.05) is 13.7 Å². The lowest BCUT2D eigenvalue weighted by molar-refractivity contribution is -0.118. The number of phenolic OH excluding ortho intramolecular Hbond substituents is 1. The molecule has 5 heteroatoms. The molecule has 0 spiro atoms. The van der Waals surface area contributed by atoms with Crippen LogP contribution < -0.4 is 10.1 Å². The number of aromatic hydroxyl groups is 1. The summed E-state index contributed by atoms with van der Waals surface area (Å²) in [4.78, 5) is 14.1. The van der Waals surface area contributed by atoms with E-state index in [9.17, 15) is 9.90 Å². The first kappa shape index (κ1) is 18.1. The van der Waals surface area contributed by atoms with Crippen molar-refractivity contribution >= 4 is 5.91 Å². The van der Waals surface area contributed by atoms with Gasteiger partial charge in [0.1, 0.15) is 6.17 Å². The minimum absolute atomic E-state index is 0.0571. The van der Waals surface area contributed by atoms with Crippen LogP contribution in [-0.2, 0) is 11.3 Å². The van der Waals surface area contributed by atoms with Gasteiger partial charge in [-0.1, -0.05) is 66.7 Å². The number of carbonyl (C=O) groups is 1. The van der Waals surface area contributed by atoms with E-state index in [4.69, 9.17) is 4.74 Å². The van der Waals surface area contributed by atoms with Crippen LogP contribution in [-0.4, -0.2) is 29.6 Å². The summed E-state index contributed by atoms with van der Waals surface area (Å²) in [6.45, 7) is 0.872. The fourth-order valence-corrected chi connectivity index (χ4v) is 3.58. The van der Waals surface area contributed by atoms with Crippen molar-refractivity contribution in [3.8, 4) is 22.6 Å². The number of nitrogens with zero attached hydrogens (tertiary/aromatic N) is 1. The van der Waals surface area contributed by atoms with E-state index in [1.807, 2.05) is 29.2 Å². The van der Waals surface area contributed by atoms with Crippen LogP contribution in [0.3, 0.4) is 0 Å². The standard InChI is InChI=1S/C23H22N2O3/c1-28-20-9-5-8-19(22(20)27)23-24-21(26)15-25(23)14-16-10-12-18(13-11-16)17-6-3-2-4-7-17/h2-13,23,27H,14-15H2,1H3,(H,24,26)/t23-/m1/s1. The van der Waals surface area contributed by atoms with Gasteiger partial charge in [-0.15, -0.1) is 0 Å². The van der Waals surface area contributed by atoms with Gasteiger partial charge in [0, 0.05) is 12.1 Å². The number of benzene rings is 3. The highest BCUT2D eigenvalue weighted by Gasteiger charge is 2.33. The average molecular weight is 374 g/mol. The summed E-state index contributed by atoms with van der Waals surface area (Å²) in [5.41, 5.74) is 4.06. The van der Waals surface area contributed by atoms with Crippen molar-refractivity contribution in [3.05, 3.63) is 83.9 Å². The number of methoxy groups -OCH3 is 1. The van der Waals surface area contributed by atoms with Gasteiger partial charge in [0.25, 0.3) is 0 Å². The van der Waals surface area contributed by atoms with Gasteiger partial charge in [-0.3, -0.25) is 9.69 Å². The Morgan fingerprint density at radius 1 is 1.00 bits per heavy atom. The summed E-state index contributed by atoms with van der Waals surface area (Å²) in [5.74, 6) is 0.389. The molecule has 0 aliphatic carbocycles. The fourth-order valence-electron chi connectivity index (χ4n) is 3.58. The molecule has 5 nitrogen and oxygen atoms in total. The monoisotopic (exact) mass is 374 g/mol. The van der Waals surface area contributed by atoms with E-state index in [0.717, 1.165) is 11.1 Å². The van der Waals surface area contributed by atoms with Crippen LogP contribution in [0.2, 0.25) is 0 Å². The first-order valence-electron chi connectivity index (χ1n) is 9.19. The van der Waals surface area contributed by atoms with Gasteiger partial charge >= 0.3 is 0 Å². The number of rotatable bonds is 5. The van der Waals surface area contributed by atoms with Gasteiger partial charge in [-0.2, -0.15) is 0 Å². The van der Waals surface area contributed by atoms with E-state index >= 15 is 0 Å². The normalized spacial score (nSPS) is 16.8. The van der Waals surface area contributed by atoms with E-state index in [-0.39, 0.29) is 18.2 Å². The fraction of sp³-hybridized carbons (Fsp3) is 0.174. The maximum atomic E-state index is 12.1. The highest BCUT2D eigenvalue weighted by atomic mass is 16.5. The third-order valence-electron chi connectivity index (χ3n) is 5.00. The van der Waals surface area contributed by atoms with E-state index in [2.05, 4.69) is 41.7 Å². The maximum Gasteiger partial charge on any atom is 0.235 e. The van der Waals surface area contributed by atoms with E-state index in [1.165, 1.54) is 12.7 Å². The Kier molecular flexibility index (Phi) is 5.00. The predicted octanol–water partition coefficient (Wildman–Crippen LogP) is 3.70. The van der Waals surface area contributed by atoms with Crippen LogP contribution in [0.1, 0.15) is 17.3 Å². The summed E-state index contributed by atoms with van der Waals surface area (Å²) < 4.78 is 5.20. The third kappa shape index (κ3) is 3.57. The van der Waals surface area contributed by atoms with Crippen molar-refractivity contribution in [1.29, 1.82) is 0 Å². The molecule has 4 rings (SSSR count). The van der Waals surface area contributed by atoms with Gasteiger partial charge in [-0.25, -0.2) is 0 Å². The van der Waals surface area contributed by atoms with Crippen LogP contribution in [0, 0.1) is 0 Å². The topological polar surface area (TPSA) is 61.8 Å². The molecule has 1 heterocycles. The van der Waals surface area contributed by atoms with Crippen LogP contribution in [0.25, 0.3) is 11.1 Å². The Balaban J connectivity index is 1.56. The molecule has 1 amide bonds. The summed E-state index contributed by atoms with van der Waals surface area (Å²) >= 11 is 0. The lowest BCUT2D eigenvalue weighted by atomic mass is 10.0. The largest absolute Gasteiger partial charge is 0.504 e. The van der Waals surface area contributed by atoms with Gasteiger partial charge in [0.15, 0.2) is 11.5 Å². The number of phenols is 1. The van der Waals surface area contributed by atoms with Crippen LogP contribution in [0.5, 0.6) is 11.5 Å². The summed E-state index contributed by atoms with van der Waals surface area (Å²) in [6, 6.07) is 23.9. The lowest BCUT2D eigenvalue weighted by Gasteiger charge is -2.24. The van der Waals surface area contributed by atoms with Crippen molar-refractivity contribution in [3.63, 3.8) is 0 Å². The summed E-state index contributed by atoms with van der Waals surface area (Å²) in [5, 5.41) is 13.4. The second-order valence-corrected chi connectivity index (χ2v) is 6.84. The number of carbonyl (C=O) groups excluding carboxylic acids is 1. The maximum absolute atomic E-state index is 12.1. The van der Waals surface area contributed by atoms with Gasteiger partial charge in [0.2, 0.25) is 5.91 Å². The highest BCUT2D eigenvalue weighted by Crippen LogP contribution is 2.36. The molecule has 1 aliphatic rings. The van der Waals surface area contributed by atoms with E-state index in [0.29, 0.717) is 17.9 Å². The number of nitrogens with one attached hydrogen (secondary N) is 1. The number of para-hydroxylation sites is 1. The lowest BCUT2D eigenvalue weighted by Crippen LogP contribution is -2.27. The van der Waals surface area contributed by atoms with Crippen molar-refractivity contribution in [2.45, 2.75) is 12.7 Å². The molecule has 0 unspecified atom stereocenters. The van der Waals surface area contributed by atoms with E-state index in [1.54, 1.807) is 12.1 Å². The second-order valence-electron chi connectivity index (χ2n) is 6.84. The van der Waals surface area contributed by atoms with Gasteiger partial charge in [-0.05, 0) is 22.8 Å². The molecule has 1 atom stereocenters. The van der Waals surface area contributed by atoms with Gasteiger partial charge in [0.05, 0.1) is 13.7 Å². The Morgan fingerprint density at radius 2 is 1.71 bits per heavy atom. The van der Waals surface area contributed by atoms with Crippen LogP contribution in [0.15, 0.2) is 72.8 Å². The molecule has 142 valence electrons. The molecular formula is C23H22N2O3. The molecule has 3 aromatic carbocycles.